The van der Waals surface area contributed by atoms with Crippen molar-refractivity contribution in [1.29, 1.82) is 0 Å². The first-order valence-electron chi connectivity index (χ1n) is 7.39. The van der Waals surface area contributed by atoms with Crippen LogP contribution in [0.25, 0.3) is 0 Å². The van der Waals surface area contributed by atoms with Crippen LogP contribution in [0.1, 0.15) is 27.2 Å². The van der Waals surface area contributed by atoms with Crippen LogP contribution < -0.4 is 5.32 Å². The Labute approximate surface area is 121 Å². The molecule has 2 heterocycles. The second-order valence-electron chi connectivity index (χ2n) is 5.62. The molecule has 2 saturated heterocycles. The van der Waals surface area contributed by atoms with E-state index >= 15 is 0 Å². The molecule has 4 unspecified atom stereocenters. The van der Waals surface area contributed by atoms with E-state index in [0.29, 0.717) is 0 Å². The van der Waals surface area contributed by atoms with Gasteiger partial charge in [-0.15, -0.1) is 0 Å². The molecule has 0 amide bonds. The van der Waals surface area contributed by atoms with Gasteiger partial charge >= 0.3 is 0 Å². The fourth-order valence-corrected chi connectivity index (χ4v) is 5.85. The van der Waals surface area contributed by atoms with E-state index in [9.17, 15) is 0 Å². The average Bonchev–Trinajstić information content (AvgIpc) is 2.40. The predicted molar refractivity (Wildman–Crippen MR) is 85.9 cm³/mol. The zero-order valence-corrected chi connectivity index (χ0v) is 13.7. The van der Waals surface area contributed by atoms with Crippen molar-refractivity contribution in [3.05, 3.63) is 0 Å². The zero-order valence-electron chi connectivity index (χ0n) is 12.0. The van der Waals surface area contributed by atoms with Crippen LogP contribution in [-0.2, 0) is 0 Å². The Bertz CT molecular complexity index is 244. The maximum atomic E-state index is 3.65. The molecule has 0 saturated carbocycles. The van der Waals surface area contributed by atoms with Gasteiger partial charge in [0.2, 0.25) is 0 Å². The Balaban J connectivity index is 1.83. The second kappa shape index (κ2) is 7.41. The summed E-state index contributed by atoms with van der Waals surface area (Å²) in [6.07, 6.45) is 1.32. The van der Waals surface area contributed by atoms with E-state index < -0.39 is 0 Å². The smallest absolute Gasteiger partial charge is 0.0265 e. The van der Waals surface area contributed by atoms with Crippen molar-refractivity contribution in [1.82, 2.24) is 10.2 Å². The van der Waals surface area contributed by atoms with Crippen LogP contribution in [0.3, 0.4) is 0 Å². The third-order valence-corrected chi connectivity index (χ3v) is 7.32. The SMILES string of the molecule is CCNC1CCN(CC2CSCCS2)C(C)C1C. The van der Waals surface area contributed by atoms with Crippen molar-refractivity contribution in [3.8, 4) is 0 Å². The van der Waals surface area contributed by atoms with Crippen molar-refractivity contribution in [2.24, 2.45) is 5.92 Å². The number of hydrogen-bond donors (Lipinski definition) is 1. The maximum Gasteiger partial charge on any atom is 0.0265 e. The monoisotopic (exact) mass is 288 g/mol. The fraction of sp³-hybridized carbons (Fsp3) is 1.00. The molecule has 106 valence electrons. The molecule has 0 aromatic carbocycles. The molecule has 2 fully saturated rings. The number of nitrogens with one attached hydrogen (secondary N) is 1. The van der Waals surface area contributed by atoms with Gasteiger partial charge in [0.05, 0.1) is 0 Å². The van der Waals surface area contributed by atoms with Crippen molar-refractivity contribution in [3.63, 3.8) is 0 Å². The van der Waals surface area contributed by atoms with Gasteiger partial charge in [0, 0.05) is 41.1 Å². The summed E-state index contributed by atoms with van der Waals surface area (Å²) >= 11 is 4.34. The highest BCUT2D eigenvalue weighted by molar-refractivity contribution is 8.06. The van der Waals surface area contributed by atoms with E-state index in [0.717, 1.165) is 29.8 Å². The summed E-state index contributed by atoms with van der Waals surface area (Å²) in [5, 5.41) is 4.52. The number of piperidine rings is 1. The van der Waals surface area contributed by atoms with Gasteiger partial charge in [-0.3, -0.25) is 4.90 Å². The third-order valence-electron chi connectivity index (χ3n) is 4.49. The summed E-state index contributed by atoms with van der Waals surface area (Å²) in [6, 6.07) is 1.46. The minimum Gasteiger partial charge on any atom is -0.314 e. The Kier molecular flexibility index (Phi) is 6.19. The average molecular weight is 289 g/mol. The lowest BCUT2D eigenvalue weighted by molar-refractivity contribution is 0.0873. The first-order chi connectivity index (χ1) is 8.72. The molecule has 1 N–H and O–H groups in total. The van der Waals surface area contributed by atoms with Gasteiger partial charge in [-0.25, -0.2) is 0 Å². The number of nitrogens with zero attached hydrogens (tertiary/aromatic N) is 1. The summed E-state index contributed by atoms with van der Waals surface area (Å²) in [6.45, 7) is 10.8. The highest BCUT2D eigenvalue weighted by Crippen LogP contribution is 2.29. The van der Waals surface area contributed by atoms with Crippen LogP contribution in [0.4, 0.5) is 0 Å². The number of thioether (sulfide) groups is 2. The Morgan fingerprint density at radius 2 is 2.11 bits per heavy atom. The van der Waals surface area contributed by atoms with Crippen molar-refractivity contribution < 1.29 is 0 Å². The quantitative estimate of drug-likeness (QED) is 0.855. The van der Waals surface area contributed by atoms with E-state index in [2.05, 4.69) is 54.5 Å². The standard InChI is InChI=1S/C14H28N2S2/c1-4-15-14-5-6-16(12(3)11(14)2)9-13-10-17-7-8-18-13/h11-15H,4-10H2,1-3H3. The molecule has 2 nitrogen and oxygen atoms in total. The highest BCUT2D eigenvalue weighted by Gasteiger charge is 2.33. The van der Waals surface area contributed by atoms with E-state index in [-0.39, 0.29) is 0 Å². The summed E-state index contributed by atoms with van der Waals surface area (Å²) in [5.74, 6) is 4.85. The van der Waals surface area contributed by atoms with Gasteiger partial charge in [-0.2, -0.15) is 23.5 Å². The van der Waals surface area contributed by atoms with Crippen LogP contribution in [-0.4, -0.2) is 59.1 Å². The molecule has 2 aliphatic rings. The van der Waals surface area contributed by atoms with Gasteiger partial charge in [-0.1, -0.05) is 13.8 Å². The van der Waals surface area contributed by atoms with E-state index in [1.807, 2.05) is 0 Å². The Morgan fingerprint density at radius 1 is 1.28 bits per heavy atom. The van der Waals surface area contributed by atoms with Crippen LogP contribution in [0.15, 0.2) is 0 Å². The molecule has 0 radical (unpaired) electrons. The fourth-order valence-electron chi connectivity index (χ4n) is 3.15. The highest BCUT2D eigenvalue weighted by atomic mass is 32.2. The molecule has 4 atom stereocenters. The molecule has 0 spiro atoms. The van der Waals surface area contributed by atoms with Gasteiger partial charge in [0.1, 0.15) is 0 Å². The first kappa shape index (κ1) is 15.0. The summed E-state index contributed by atoms with van der Waals surface area (Å²) < 4.78 is 0. The maximum absolute atomic E-state index is 3.65. The van der Waals surface area contributed by atoms with Crippen molar-refractivity contribution >= 4 is 23.5 Å². The Morgan fingerprint density at radius 3 is 2.78 bits per heavy atom. The predicted octanol–water partition coefficient (Wildman–Crippen LogP) is 2.54. The number of likely N-dealkylation sites (tertiary alicyclic amines) is 1. The molecule has 18 heavy (non-hydrogen) atoms. The van der Waals surface area contributed by atoms with Gasteiger partial charge in [-0.05, 0) is 32.4 Å². The van der Waals surface area contributed by atoms with Gasteiger partial charge in [0.25, 0.3) is 0 Å². The molecular formula is C14H28N2S2. The van der Waals surface area contributed by atoms with Crippen LogP contribution in [0.2, 0.25) is 0 Å². The number of rotatable bonds is 4. The van der Waals surface area contributed by atoms with Gasteiger partial charge in [0.15, 0.2) is 0 Å². The van der Waals surface area contributed by atoms with E-state index in [1.165, 1.54) is 36.8 Å². The van der Waals surface area contributed by atoms with Crippen LogP contribution in [0.5, 0.6) is 0 Å². The normalized spacial score (nSPS) is 38.8. The van der Waals surface area contributed by atoms with Crippen LogP contribution in [0, 0.1) is 5.92 Å². The number of hydrogen-bond acceptors (Lipinski definition) is 4. The van der Waals surface area contributed by atoms with E-state index in [1.54, 1.807) is 0 Å². The van der Waals surface area contributed by atoms with Crippen molar-refractivity contribution in [2.75, 3.05) is 36.9 Å². The lowest BCUT2D eigenvalue weighted by Gasteiger charge is -2.44. The van der Waals surface area contributed by atoms with E-state index in [4.69, 9.17) is 0 Å². The zero-order chi connectivity index (χ0) is 13.0. The Hall–Kier alpha value is 0.620. The van der Waals surface area contributed by atoms with Crippen LogP contribution >= 0.6 is 23.5 Å². The third kappa shape index (κ3) is 3.81. The molecular weight excluding hydrogens is 260 g/mol. The lowest BCUT2D eigenvalue weighted by atomic mass is 9.87. The second-order valence-corrected chi connectivity index (χ2v) is 8.17. The molecule has 2 rings (SSSR count). The molecule has 0 aliphatic carbocycles. The summed E-state index contributed by atoms with van der Waals surface area (Å²) in [4.78, 5) is 2.74. The molecule has 0 aromatic rings. The van der Waals surface area contributed by atoms with Gasteiger partial charge < -0.3 is 5.32 Å². The molecule has 0 bridgehead atoms. The molecule has 4 heteroatoms. The minimum atomic E-state index is 0.731. The first-order valence-corrected chi connectivity index (χ1v) is 9.59. The summed E-state index contributed by atoms with van der Waals surface area (Å²) in [7, 11) is 0. The molecule has 2 aliphatic heterocycles. The minimum absolute atomic E-state index is 0.731. The molecule has 0 aromatic heterocycles. The topological polar surface area (TPSA) is 15.3 Å². The summed E-state index contributed by atoms with van der Waals surface area (Å²) in [5.41, 5.74) is 0. The van der Waals surface area contributed by atoms with Crippen molar-refractivity contribution in [2.45, 2.75) is 44.5 Å². The lowest BCUT2D eigenvalue weighted by Crippen LogP contribution is -2.54. The largest absolute Gasteiger partial charge is 0.314 e.